The molecule has 0 radical (unpaired) electrons. The van der Waals surface area contributed by atoms with Gasteiger partial charge < -0.3 is 0 Å². The van der Waals surface area contributed by atoms with Crippen LogP contribution in [-0.4, -0.2) is 13.4 Å². The van der Waals surface area contributed by atoms with Gasteiger partial charge in [0.15, 0.2) is 0 Å². The molecule has 0 fully saturated rings. The lowest BCUT2D eigenvalue weighted by Crippen LogP contribution is -2.12. The largest absolute Gasteiger partial charge is 0.278 e. The maximum atomic E-state index is 11.9. The van der Waals surface area contributed by atoms with Crippen LogP contribution in [0.3, 0.4) is 0 Å². The highest BCUT2D eigenvalue weighted by molar-refractivity contribution is 7.92. The number of pyridine rings is 1. The van der Waals surface area contributed by atoms with Gasteiger partial charge >= 0.3 is 0 Å². The average Bonchev–Trinajstić information content (AvgIpc) is 2.33. The molecule has 1 heterocycles. The van der Waals surface area contributed by atoms with Crippen LogP contribution in [0.1, 0.15) is 5.69 Å². The van der Waals surface area contributed by atoms with Gasteiger partial charge in [-0.3, -0.25) is 9.71 Å². The molecule has 17 heavy (non-hydrogen) atoms. The Labute approximate surface area is 100 Å². The van der Waals surface area contributed by atoms with Gasteiger partial charge in [-0.2, -0.15) is 0 Å². The van der Waals surface area contributed by atoms with Crippen LogP contribution in [0.2, 0.25) is 0 Å². The highest BCUT2D eigenvalue weighted by Crippen LogP contribution is 2.14. The van der Waals surface area contributed by atoms with Crippen molar-refractivity contribution in [1.82, 2.24) is 4.98 Å². The molecule has 5 heteroatoms. The Morgan fingerprint density at radius 1 is 1.06 bits per heavy atom. The number of hydrogen-bond donors (Lipinski definition) is 1. The second-order valence-corrected chi connectivity index (χ2v) is 5.29. The Morgan fingerprint density at radius 3 is 2.35 bits per heavy atom. The average molecular weight is 248 g/mol. The van der Waals surface area contributed by atoms with Crippen molar-refractivity contribution in [2.75, 3.05) is 4.72 Å². The molecule has 0 bridgehead atoms. The van der Waals surface area contributed by atoms with Crippen LogP contribution in [0.25, 0.3) is 0 Å². The maximum Gasteiger partial charge on any atom is 0.261 e. The summed E-state index contributed by atoms with van der Waals surface area (Å²) in [6, 6.07) is 11.7. The fraction of sp³-hybridized carbons (Fsp3) is 0.0833. The zero-order chi connectivity index (χ0) is 12.3. The number of nitrogens with one attached hydrogen (secondary N) is 1. The van der Waals surface area contributed by atoms with Crippen molar-refractivity contribution in [2.24, 2.45) is 0 Å². The fourth-order valence-corrected chi connectivity index (χ4v) is 2.41. The molecule has 0 saturated carbocycles. The minimum absolute atomic E-state index is 0.237. The molecule has 0 aliphatic rings. The van der Waals surface area contributed by atoms with E-state index in [-0.39, 0.29) is 4.90 Å². The Hall–Kier alpha value is -1.88. The predicted molar refractivity (Wildman–Crippen MR) is 66.2 cm³/mol. The Balaban J connectivity index is 2.27. The van der Waals surface area contributed by atoms with Crippen molar-refractivity contribution >= 4 is 15.7 Å². The van der Waals surface area contributed by atoms with Gasteiger partial charge in [-0.1, -0.05) is 18.2 Å². The van der Waals surface area contributed by atoms with Crippen LogP contribution in [0.4, 0.5) is 5.69 Å². The van der Waals surface area contributed by atoms with E-state index in [4.69, 9.17) is 0 Å². The van der Waals surface area contributed by atoms with E-state index in [9.17, 15) is 8.42 Å². The minimum Gasteiger partial charge on any atom is -0.278 e. The molecule has 1 aromatic carbocycles. The first-order chi connectivity index (χ1) is 8.08. The minimum atomic E-state index is -3.52. The van der Waals surface area contributed by atoms with Gasteiger partial charge in [0.05, 0.1) is 16.8 Å². The molecule has 0 amide bonds. The summed E-state index contributed by atoms with van der Waals surface area (Å²) in [5.74, 6) is 0. The van der Waals surface area contributed by atoms with E-state index in [1.54, 1.807) is 42.5 Å². The molecule has 0 unspecified atom stereocenters. The smallest absolute Gasteiger partial charge is 0.261 e. The third-order valence-corrected chi connectivity index (χ3v) is 3.61. The van der Waals surface area contributed by atoms with Crippen molar-refractivity contribution in [3.63, 3.8) is 0 Å². The second kappa shape index (κ2) is 4.55. The zero-order valence-electron chi connectivity index (χ0n) is 9.29. The maximum absolute atomic E-state index is 11.9. The lowest BCUT2D eigenvalue weighted by molar-refractivity contribution is 0.601. The van der Waals surface area contributed by atoms with Gasteiger partial charge in [0.1, 0.15) is 0 Å². The molecule has 2 rings (SSSR count). The van der Waals surface area contributed by atoms with E-state index in [0.29, 0.717) is 5.69 Å². The van der Waals surface area contributed by atoms with E-state index < -0.39 is 10.0 Å². The molecule has 88 valence electrons. The van der Waals surface area contributed by atoms with E-state index in [2.05, 4.69) is 9.71 Å². The van der Waals surface area contributed by atoms with Gasteiger partial charge in [0.2, 0.25) is 0 Å². The van der Waals surface area contributed by atoms with E-state index in [0.717, 1.165) is 5.69 Å². The fourth-order valence-electron chi connectivity index (χ4n) is 1.34. The summed E-state index contributed by atoms with van der Waals surface area (Å²) in [6.07, 6.45) is 1.50. The van der Waals surface area contributed by atoms with E-state index in [1.807, 2.05) is 6.92 Å². The number of nitrogens with zero attached hydrogens (tertiary/aromatic N) is 1. The first kappa shape index (κ1) is 11.6. The van der Waals surface area contributed by atoms with E-state index >= 15 is 0 Å². The van der Waals surface area contributed by atoms with Crippen molar-refractivity contribution in [2.45, 2.75) is 11.8 Å². The first-order valence-corrected chi connectivity index (χ1v) is 6.57. The van der Waals surface area contributed by atoms with Crippen LogP contribution in [0, 0.1) is 6.92 Å². The normalized spacial score (nSPS) is 11.1. The topological polar surface area (TPSA) is 59.1 Å². The summed E-state index contributed by atoms with van der Waals surface area (Å²) in [5, 5.41) is 0. The summed E-state index contributed by atoms with van der Waals surface area (Å²) >= 11 is 0. The predicted octanol–water partition coefficient (Wildman–Crippen LogP) is 2.19. The van der Waals surface area contributed by atoms with Crippen LogP contribution >= 0.6 is 0 Å². The number of hydrogen-bond acceptors (Lipinski definition) is 3. The molecular formula is C12H12N2O2S. The Kier molecular flexibility index (Phi) is 3.10. The number of sulfonamides is 1. The number of benzene rings is 1. The van der Waals surface area contributed by atoms with Gasteiger partial charge in [-0.05, 0) is 31.2 Å². The molecule has 0 saturated heterocycles. The van der Waals surface area contributed by atoms with Crippen molar-refractivity contribution in [3.05, 3.63) is 54.4 Å². The summed E-state index contributed by atoms with van der Waals surface area (Å²) < 4.78 is 26.4. The quantitative estimate of drug-likeness (QED) is 0.905. The number of anilines is 1. The second-order valence-electron chi connectivity index (χ2n) is 3.61. The number of rotatable bonds is 3. The lowest BCUT2D eigenvalue weighted by atomic mass is 10.4. The molecule has 2 aromatic rings. The first-order valence-electron chi connectivity index (χ1n) is 5.08. The zero-order valence-corrected chi connectivity index (χ0v) is 10.1. The van der Waals surface area contributed by atoms with E-state index in [1.165, 1.54) is 6.20 Å². The molecule has 1 N–H and O–H groups in total. The van der Waals surface area contributed by atoms with Crippen molar-refractivity contribution < 1.29 is 8.42 Å². The van der Waals surface area contributed by atoms with Crippen molar-refractivity contribution in [1.29, 1.82) is 0 Å². The molecular weight excluding hydrogens is 236 g/mol. The van der Waals surface area contributed by atoms with Gasteiger partial charge in [-0.25, -0.2) is 8.42 Å². The van der Waals surface area contributed by atoms with Gasteiger partial charge in [0.25, 0.3) is 10.0 Å². The highest BCUT2D eigenvalue weighted by Gasteiger charge is 2.12. The molecule has 1 aromatic heterocycles. The summed E-state index contributed by atoms with van der Waals surface area (Å²) in [4.78, 5) is 4.27. The monoisotopic (exact) mass is 248 g/mol. The molecule has 0 aliphatic heterocycles. The summed E-state index contributed by atoms with van der Waals surface area (Å²) in [7, 11) is -3.52. The lowest BCUT2D eigenvalue weighted by Gasteiger charge is -2.07. The third kappa shape index (κ3) is 2.82. The van der Waals surface area contributed by atoms with Crippen LogP contribution in [-0.2, 0) is 10.0 Å². The van der Waals surface area contributed by atoms with Gasteiger partial charge in [-0.15, -0.1) is 0 Å². The number of aryl methyl sites for hydroxylation is 1. The summed E-state index contributed by atoms with van der Waals surface area (Å²) in [5.41, 5.74) is 1.30. The van der Waals surface area contributed by atoms with Crippen LogP contribution in [0.5, 0.6) is 0 Å². The summed E-state index contributed by atoms with van der Waals surface area (Å²) in [6.45, 7) is 1.84. The standard InChI is InChI=1S/C12H12N2O2S/c1-10-7-8-11(9-13-10)14-17(15,16)12-5-3-2-4-6-12/h2-9,14H,1H3. The van der Waals surface area contributed by atoms with Crippen LogP contribution in [0.15, 0.2) is 53.6 Å². The van der Waals surface area contributed by atoms with Crippen LogP contribution < -0.4 is 4.72 Å². The van der Waals surface area contributed by atoms with Gasteiger partial charge in [0, 0.05) is 5.69 Å². The molecule has 4 nitrogen and oxygen atoms in total. The Bertz CT molecular complexity index is 592. The molecule has 0 atom stereocenters. The Morgan fingerprint density at radius 2 is 1.76 bits per heavy atom. The molecule has 0 spiro atoms. The SMILES string of the molecule is Cc1ccc(NS(=O)(=O)c2ccccc2)cn1. The molecule has 0 aliphatic carbocycles. The van der Waals surface area contributed by atoms with Crippen molar-refractivity contribution in [3.8, 4) is 0 Å². The number of aromatic nitrogens is 1. The highest BCUT2D eigenvalue weighted by atomic mass is 32.2. The third-order valence-electron chi connectivity index (χ3n) is 2.22.